The summed E-state index contributed by atoms with van der Waals surface area (Å²) in [6, 6.07) is 9.33. The molecule has 3 aromatic rings. The summed E-state index contributed by atoms with van der Waals surface area (Å²) in [6.07, 6.45) is 1.52. The van der Waals surface area contributed by atoms with Crippen LogP contribution >= 0.6 is 23.1 Å². The van der Waals surface area contributed by atoms with E-state index in [2.05, 4.69) is 15.3 Å². The molecule has 0 radical (unpaired) electrons. The summed E-state index contributed by atoms with van der Waals surface area (Å²) in [4.78, 5) is 37.1. The molecular formula is C19H18N4O2S2. The summed E-state index contributed by atoms with van der Waals surface area (Å²) in [6.45, 7) is 5.36. The standard InChI is InChI=1S/C19H18N4O2S2/c1-11(27-16-12-8-9-26-15(12)20-10-21-16)17(24)23-14-7-5-4-6-13(14)22-18(25)19(23,2)3/h4-11H,1-3H3,(H,22,25)/t11-/m0/s1. The Morgan fingerprint density at radius 3 is 2.85 bits per heavy atom. The van der Waals surface area contributed by atoms with Crippen LogP contribution in [0.4, 0.5) is 11.4 Å². The van der Waals surface area contributed by atoms with E-state index in [4.69, 9.17) is 0 Å². The van der Waals surface area contributed by atoms with Crippen LogP contribution in [0.1, 0.15) is 20.8 Å². The number of hydrogen-bond acceptors (Lipinski definition) is 6. The van der Waals surface area contributed by atoms with Gasteiger partial charge < -0.3 is 5.32 Å². The molecular weight excluding hydrogens is 380 g/mol. The number of aromatic nitrogens is 2. The zero-order chi connectivity index (χ0) is 19.2. The number of anilines is 2. The Labute approximate surface area is 165 Å². The molecule has 8 heteroatoms. The second-order valence-electron chi connectivity index (χ2n) is 6.78. The topological polar surface area (TPSA) is 75.2 Å². The third kappa shape index (κ3) is 2.98. The van der Waals surface area contributed by atoms with E-state index in [0.29, 0.717) is 11.4 Å². The minimum atomic E-state index is -0.983. The number of nitrogens with one attached hydrogen (secondary N) is 1. The summed E-state index contributed by atoms with van der Waals surface area (Å²) in [7, 11) is 0. The molecule has 2 aromatic heterocycles. The average Bonchev–Trinajstić information content (AvgIpc) is 3.12. The number of benzene rings is 1. The highest BCUT2D eigenvalue weighted by Crippen LogP contribution is 2.39. The molecule has 1 atom stereocenters. The van der Waals surface area contributed by atoms with Crippen LogP contribution in [-0.4, -0.2) is 32.6 Å². The highest BCUT2D eigenvalue weighted by Gasteiger charge is 2.44. The first-order chi connectivity index (χ1) is 12.9. The van der Waals surface area contributed by atoms with Gasteiger partial charge in [-0.3, -0.25) is 14.5 Å². The second-order valence-corrected chi connectivity index (χ2v) is 9.01. The maximum atomic E-state index is 13.4. The van der Waals surface area contributed by atoms with Gasteiger partial charge in [0, 0.05) is 5.39 Å². The second kappa shape index (κ2) is 6.61. The summed E-state index contributed by atoms with van der Waals surface area (Å²) < 4.78 is 0. The first kappa shape index (κ1) is 17.9. The Hall–Kier alpha value is -2.45. The van der Waals surface area contributed by atoms with E-state index in [9.17, 15) is 9.59 Å². The molecule has 0 aliphatic carbocycles. The number of fused-ring (bicyclic) bond motifs is 2. The predicted molar refractivity (Wildman–Crippen MR) is 109 cm³/mol. The minimum Gasteiger partial charge on any atom is -0.322 e. The van der Waals surface area contributed by atoms with Crippen LogP contribution in [0, 0.1) is 0 Å². The normalized spacial score (nSPS) is 16.7. The molecule has 2 amide bonds. The molecule has 1 aromatic carbocycles. The lowest BCUT2D eigenvalue weighted by Gasteiger charge is -2.43. The van der Waals surface area contributed by atoms with Crippen molar-refractivity contribution in [3.63, 3.8) is 0 Å². The fourth-order valence-corrected chi connectivity index (χ4v) is 4.85. The van der Waals surface area contributed by atoms with Crippen molar-refractivity contribution in [2.24, 2.45) is 0 Å². The minimum absolute atomic E-state index is 0.130. The van der Waals surface area contributed by atoms with E-state index in [1.165, 1.54) is 18.1 Å². The van der Waals surface area contributed by atoms with E-state index >= 15 is 0 Å². The van der Waals surface area contributed by atoms with Gasteiger partial charge >= 0.3 is 0 Å². The molecule has 0 spiro atoms. The number of carbonyl (C=O) groups is 2. The van der Waals surface area contributed by atoms with Gasteiger partial charge in [0.2, 0.25) is 11.8 Å². The number of amides is 2. The Bertz CT molecular complexity index is 1050. The first-order valence-corrected chi connectivity index (χ1v) is 10.2. The summed E-state index contributed by atoms with van der Waals surface area (Å²) in [5.74, 6) is -0.330. The Morgan fingerprint density at radius 2 is 2.04 bits per heavy atom. The van der Waals surface area contributed by atoms with E-state index in [0.717, 1.165) is 15.2 Å². The van der Waals surface area contributed by atoms with Crippen LogP contribution in [-0.2, 0) is 9.59 Å². The molecule has 0 saturated carbocycles. The maximum absolute atomic E-state index is 13.4. The fraction of sp³-hybridized carbons (Fsp3) is 0.263. The van der Waals surface area contributed by atoms with Gasteiger partial charge in [-0.15, -0.1) is 11.3 Å². The third-order valence-electron chi connectivity index (χ3n) is 4.59. The molecule has 4 rings (SSSR count). The summed E-state index contributed by atoms with van der Waals surface area (Å²) in [5, 5.41) is 6.15. The predicted octanol–water partition coefficient (Wildman–Crippen LogP) is 3.94. The Morgan fingerprint density at radius 1 is 1.26 bits per heavy atom. The number of rotatable bonds is 3. The maximum Gasteiger partial charge on any atom is 0.250 e. The average molecular weight is 399 g/mol. The Balaban J connectivity index is 1.68. The molecule has 6 nitrogen and oxygen atoms in total. The zero-order valence-electron chi connectivity index (χ0n) is 15.1. The van der Waals surface area contributed by atoms with E-state index in [1.807, 2.05) is 36.6 Å². The van der Waals surface area contributed by atoms with Crippen LogP contribution in [0.15, 0.2) is 47.1 Å². The molecule has 0 bridgehead atoms. The van der Waals surface area contributed by atoms with Gasteiger partial charge in [0.1, 0.15) is 21.7 Å². The number of carbonyl (C=O) groups excluding carboxylic acids is 2. The lowest BCUT2D eigenvalue weighted by molar-refractivity contribution is -0.126. The number of nitrogens with zero attached hydrogens (tertiary/aromatic N) is 3. The Kier molecular flexibility index (Phi) is 4.39. The van der Waals surface area contributed by atoms with Gasteiger partial charge in [0.05, 0.1) is 16.6 Å². The summed E-state index contributed by atoms with van der Waals surface area (Å²) >= 11 is 2.93. The van der Waals surface area contributed by atoms with Crippen LogP contribution in [0.5, 0.6) is 0 Å². The van der Waals surface area contributed by atoms with E-state index in [-0.39, 0.29) is 11.8 Å². The molecule has 1 aliphatic rings. The number of hydrogen-bond donors (Lipinski definition) is 1. The molecule has 3 heterocycles. The van der Waals surface area contributed by atoms with Gasteiger partial charge in [-0.05, 0) is 44.4 Å². The lowest BCUT2D eigenvalue weighted by Crippen LogP contribution is -2.60. The van der Waals surface area contributed by atoms with Gasteiger partial charge in [0.15, 0.2) is 0 Å². The summed E-state index contributed by atoms with van der Waals surface area (Å²) in [5.41, 5.74) is 0.376. The van der Waals surface area contributed by atoms with Crippen molar-refractivity contribution in [1.82, 2.24) is 9.97 Å². The number of thiophene rings is 1. The number of para-hydroxylation sites is 2. The first-order valence-electron chi connectivity index (χ1n) is 8.49. The molecule has 1 aliphatic heterocycles. The molecule has 0 unspecified atom stereocenters. The quantitative estimate of drug-likeness (QED) is 0.534. The van der Waals surface area contributed by atoms with Crippen molar-refractivity contribution in [2.75, 3.05) is 10.2 Å². The van der Waals surface area contributed by atoms with Crippen molar-refractivity contribution < 1.29 is 9.59 Å². The fourth-order valence-electron chi connectivity index (χ4n) is 3.11. The molecule has 0 fully saturated rings. The lowest BCUT2D eigenvalue weighted by atomic mass is 9.96. The van der Waals surface area contributed by atoms with Crippen molar-refractivity contribution in [2.45, 2.75) is 36.6 Å². The number of thioether (sulfide) groups is 1. The van der Waals surface area contributed by atoms with Crippen molar-refractivity contribution in [3.8, 4) is 0 Å². The van der Waals surface area contributed by atoms with Gasteiger partial charge in [-0.2, -0.15) is 0 Å². The largest absolute Gasteiger partial charge is 0.322 e. The van der Waals surface area contributed by atoms with Crippen LogP contribution in [0.2, 0.25) is 0 Å². The van der Waals surface area contributed by atoms with Gasteiger partial charge in [0.25, 0.3) is 0 Å². The SMILES string of the molecule is C[C@H](Sc1ncnc2sccc12)C(=O)N1c2ccccc2NC(=O)C1(C)C. The molecule has 1 N–H and O–H groups in total. The van der Waals surface area contributed by atoms with Gasteiger partial charge in [-0.1, -0.05) is 23.9 Å². The van der Waals surface area contributed by atoms with Crippen molar-refractivity contribution >= 4 is 56.5 Å². The van der Waals surface area contributed by atoms with Crippen molar-refractivity contribution in [1.29, 1.82) is 0 Å². The van der Waals surface area contributed by atoms with Gasteiger partial charge in [-0.25, -0.2) is 9.97 Å². The molecule has 27 heavy (non-hydrogen) atoms. The molecule has 0 saturated heterocycles. The van der Waals surface area contributed by atoms with Crippen LogP contribution in [0.25, 0.3) is 10.2 Å². The zero-order valence-corrected chi connectivity index (χ0v) is 16.7. The highest BCUT2D eigenvalue weighted by atomic mass is 32.2. The van der Waals surface area contributed by atoms with Crippen molar-refractivity contribution in [3.05, 3.63) is 42.0 Å². The smallest absolute Gasteiger partial charge is 0.250 e. The highest BCUT2D eigenvalue weighted by molar-refractivity contribution is 8.00. The van der Waals surface area contributed by atoms with Crippen LogP contribution in [0.3, 0.4) is 0 Å². The molecule has 138 valence electrons. The van der Waals surface area contributed by atoms with E-state index < -0.39 is 10.8 Å². The van der Waals surface area contributed by atoms with Crippen LogP contribution < -0.4 is 10.2 Å². The monoisotopic (exact) mass is 398 g/mol. The van der Waals surface area contributed by atoms with E-state index in [1.54, 1.807) is 36.2 Å². The third-order valence-corrected chi connectivity index (χ3v) is 6.51.